The Morgan fingerprint density at radius 3 is 2.45 bits per heavy atom. The van der Waals surface area contributed by atoms with E-state index in [1.54, 1.807) is 42.5 Å². The minimum atomic E-state index is -2.19. The predicted octanol–water partition coefficient (Wildman–Crippen LogP) is 4.45. The highest BCUT2D eigenvalue weighted by molar-refractivity contribution is 7.78. The van der Waals surface area contributed by atoms with Crippen molar-refractivity contribution in [3.8, 4) is 5.75 Å². The zero-order chi connectivity index (χ0) is 20.4. The van der Waals surface area contributed by atoms with Crippen LogP contribution in [-0.2, 0) is 21.6 Å². The molecule has 4 nitrogen and oxygen atoms in total. The number of fused-ring (bicyclic) bond motifs is 1. The van der Waals surface area contributed by atoms with Gasteiger partial charge >= 0.3 is 0 Å². The van der Waals surface area contributed by atoms with Crippen molar-refractivity contribution in [3.63, 3.8) is 0 Å². The molecule has 0 spiro atoms. The van der Waals surface area contributed by atoms with Crippen LogP contribution in [0.4, 0.5) is 4.39 Å². The number of benzene rings is 3. The predicted molar refractivity (Wildman–Crippen MR) is 108 cm³/mol. The lowest BCUT2D eigenvalue weighted by Crippen LogP contribution is -2.16. The van der Waals surface area contributed by atoms with Gasteiger partial charge in [-0.25, -0.2) is 4.39 Å². The van der Waals surface area contributed by atoms with E-state index in [0.29, 0.717) is 39.3 Å². The monoisotopic (exact) mass is 407 g/mol. The molecule has 2 atom stereocenters. The second-order valence-electron chi connectivity index (χ2n) is 6.65. The molecule has 2 unspecified atom stereocenters. The summed E-state index contributed by atoms with van der Waals surface area (Å²) in [7, 11) is 0. The summed E-state index contributed by atoms with van der Waals surface area (Å²) < 4.78 is 42.0. The van der Waals surface area contributed by atoms with Gasteiger partial charge in [0, 0.05) is 22.5 Å². The summed E-state index contributed by atoms with van der Waals surface area (Å²) in [6.45, 7) is 0. The molecule has 1 aliphatic heterocycles. The highest BCUT2D eigenvalue weighted by atomic mass is 32.2. The van der Waals surface area contributed by atoms with E-state index in [2.05, 4.69) is 0 Å². The Bertz CT molecular complexity index is 1120. The fourth-order valence-electron chi connectivity index (χ4n) is 3.50. The van der Waals surface area contributed by atoms with Crippen molar-refractivity contribution in [2.75, 3.05) is 0 Å². The molecule has 0 aliphatic carbocycles. The van der Waals surface area contributed by atoms with Crippen LogP contribution >= 0.6 is 0 Å². The first-order chi connectivity index (χ1) is 14.1. The van der Waals surface area contributed by atoms with E-state index in [4.69, 9.17) is 4.74 Å². The number of hydrogen-bond donors (Lipinski definition) is 0. The molecular formula is C23H16FO4S-. The smallest absolute Gasteiger partial charge is 0.139 e. The molecule has 0 bridgehead atoms. The lowest BCUT2D eigenvalue weighted by Gasteiger charge is -2.28. The topological polar surface area (TPSA) is 66.4 Å². The van der Waals surface area contributed by atoms with E-state index in [1.165, 1.54) is 12.1 Å². The fraction of sp³-hybridized carbons (Fsp3) is 0.0870. The van der Waals surface area contributed by atoms with Gasteiger partial charge < -0.3 is 14.1 Å². The van der Waals surface area contributed by atoms with E-state index in [0.717, 1.165) is 6.29 Å². The zero-order valence-corrected chi connectivity index (χ0v) is 16.0. The van der Waals surface area contributed by atoms with Crippen molar-refractivity contribution < 1.29 is 22.7 Å². The Hall–Kier alpha value is -3.09. The largest absolute Gasteiger partial charge is 0.772 e. The maximum Gasteiger partial charge on any atom is 0.139 e. The lowest BCUT2D eigenvalue weighted by atomic mass is 9.83. The van der Waals surface area contributed by atoms with Crippen LogP contribution in [0.25, 0.3) is 11.3 Å². The zero-order valence-electron chi connectivity index (χ0n) is 15.2. The Morgan fingerprint density at radius 1 is 1.00 bits per heavy atom. The number of allylic oxidation sites excluding steroid dienone is 1. The molecular weight excluding hydrogens is 391 g/mol. The Labute approximate surface area is 169 Å². The van der Waals surface area contributed by atoms with E-state index >= 15 is 0 Å². The minimum absolute atomic E-state index is 0.0866. The second-order valence-corrected chi connectivity index (χ2v) is 7.55. The molecule has 0 aromatic heterocycles. The van der Waals surface area contributed by atoms with Crippen molar-refractivity contribution in [3.05, 3.63) is 101 Å². The van der Waals surface area contributed by atoms with Gasteiger partial charge in [0.15, 0.2) is 0 Å². The number of carbonyl (C=O) groups excluding carboxylic acids is 1. The van der Waals surface area contributed by atoms with E-state index < -0.39 is 22.8 Å². The minimum Gasteiger partial charge on any atom is -0.772 e. The van der Waals surface area contributed by atoms with Gasteiger partial charge in [0.1, 0.15) is 23.6 Å². The number of para-hydroxylation sites is 1. The Balaban J connectivity index is 1.90. The van der Waals surface area contributed by atoms with Crippen LogP contribution in [0.15, 0.2) is 72.8 Å². The molecule has 0 N–H and O–H groups in total. The summed E-state index contributed by atoms with van der Waals surface area (Å²) in [6.07, 6.45) is 0.830. The van der Waals surface area contributed by atoms with Crippen LogP contribution in [0.3, 0.4) is 0 Å². The molecule has 4 rings (SSSR count). The van der Waals surface area contributed by atoms with Crippen molar-refractivity contribution in [2.24, 2.45) is 0 Å². The SMILES string of the molecule is O=CC1C(c2cccc(F)c2)=C(c2ccc(CS(=O)[O-])cc2)Oc2ccccc21. The van der Waals surface area contributed by atoms with Crippen molar-refractivity contribution in [2.45, 2.75) is 11.7 Å². The highest BCUT2D eigenvalue weighted by Gasteiger charge is 2.31. The molecule has 29 heavy (non-hydrogen) atoms. The molecule has 146 valence electrons. The van der Waals surface area contributed by atoms with Crippen LogP contribution in [0.5, 0.6) is 5.75 Å². The summed E-state index contributed by atoms with van der Waals surface area (Å²) in [5.74, 6) is -0.112. The average molecular weight is 407 g/mol. The first-order valence-corrected chi connectivity index (χ1v) is 10.2. The summed E-state index contributed by atoms with van der Waals surface area (Å²) in [5.41, 5.74) is 3.14. The summed E-state index contributed by atoms with van der Waals surface area (Å²) in [5, 5.41) is 0. The number of carbonyl (C=O) groups is 1. The average Bonchev–Trinajstić information content (AvgIpc) is 2.72. The molecule has 0 radical (unpaired) electrons. The summed E-state index contributed by atoms with van der Waals surface area (Å²) in [4.78, 5) is 12.1. The maximum atomic E-state index is 13.9. The maximum absolute atomic E-state index is 13.9. The third-order valence-electron chi connectivity index (χ3n) is 4.79. The number of hydrogen-bond acceptors (Lipinski definition) is 4. The van der Waals surface area contributed by atoms with E-state index in [-0.39, 0.29) is 5.75 Å². The summed E-state index contributed by atoms with van der Waals surface area (Å²) >= 11 is -2.19. The van der Waals surface area contributed by atoms with E-state index in [9.17, 15) is 17.9 Å². The van der Waals surface area contributed by atoms with Crippen LogP contribution in [0, 0.1) is 5.82 Å². The molecule has 1 aliphatic rings. The number of ether oxygens (including phenoxy) is 1. The second kappa shape index (κ2) is 8.11. The molecule has 3 aromatic carbocycles. The number of halogens is 1. The van der Waals surface area contributed by atoms with Crippen LogP contribution in [-0.4, -0.2) is 15.0 Å². The third-order valence-corrected chi connectivity index (χ3v) is 5.36. The van der Waals surface area contributed by atoms with Gasteiger partial charge in [0.25, 0.3) is 0 Å². The van der Waals surface area contributed by atoms with Crippen molar-refractivity contribution in [1.29, 1.82) is 0 Å². The highest BCUT2D eigenvalue weighted by Crippen LogP contribution is 2.45. The number of aldehydes is 1. The first kappa shape index (κ1) is 19.2. The first-order valence-electron chi connectivity index (χ1n) is 8.94. The fourth-order valence-corrected chi connectivity index (χ4v) is 3.97. The van der Waals surface area contributed by atoms with Crippen LogP contribution in [0.2, 0.25) is 0 Å². The van der Waals surface area contributed by atoms with Crippen molar-refractivity contribution in [1.82, 2.24) is 0 Å². The van der Waals surface area contributed by atoms with Gasteiger partial charge in [0.05, 0.1) is 5.92 Å². The standard InChI is InChI=1S/C23H17FO4S/c24-18-5-3-4-17(12-18)22-20(13-25)19-6-1-2-7-21(19)28-23(22)16-10-8-15(9-11-16)14-29(26)27/h1-13,20H,14H2,(H,26,27)/p-1. The lowest BCUT2D eigenvalue weighted by molar-refractivity contribution is -0.108. The molecule has 1 heterocycles. The molecule has 0 amide bonds. The van der Waals surface area contributed by atoms with Crippen LogP contribution < -0.4 is 4.74 Å². The summed E-state index contributed by atoms with van der Waals surface area (Å²) in [6, 6.07) is 20.2. The van der Waals surface area contributed by atoms with Gasteiger partial charge in [0.2, 0.25) is 0 Å². The van der Waals surface area contributed by atoms with Gasteiger partial charge in [-0.05, 0) is 29.3 Å². The molecule has 0 fully saturated rings. The Morgan fingerprint density at radius 2 is 1.76 bits per heavy atom. The van der Waals surface area contributed by atoms with Gasteiger partial charge in [-0.2, -0.15) is 0 Å². The van der Waals surface area contributed by atoms with Gasteiger partial charge in [-0.15, -0.1) is 0 Å². The molecule has 0 saturated heterocycles. The normalized spacial score (nSPS) is 16.7. The molecule has 0 saturated carbocycles. The van der Waals surface area contributed by atoms with E-state index in [1.807, 2.05) is 18.2 Å². The van der Waals surface area contributed by atoms with Crippen LogP contribution in [0.1, 0.15) is 28.2 Å². The number of rotatable bonds is 5. The van der Waals surface area contributed by atoms with Crippen molar-refractivity contribution >= 4 is 28.7 Å². The third kappa shape index (κ3) is 3.90. The molecule has 6 heteroatoms. The Kier molecular flexibility index (Phi) is 5.38. The molecule has 3 aromatic rings. The van der Waals surface area contributed by atoms with Gasteiger partial charge in [-0.3, -0.25) is 4.21 Å². The quantitative estimate of drug-likeness (QED) is 0.463. The van der Waals surface area contributed by atoms with Gasteiger partial charge in [-0.1, -0.05) is 65.7 Å².